The highest BCUT2D eigenvalue weighted by Gasteiger charge is 2.33. The largest absolute Gasteiger partial charge is 0.493 e. The molecule has 5 nitrogen and oxygen atoms in total. The zero-order valence-electron chi connectivity index (χ0n) is 12.7. The molecule has 136 valence electrons. The molecule has 0 aliphatic heterocycles. The summed E-state index contributed by atoms with van der Waals surface area (Å²) in [5.74, 6) is -11.8. The molecule has 0 saturated carbocycles. The van der Waals surface area contributed by atoms with Gasteiger partial charge in [-0.25, -0.2) is 30.4 Å². The molecule has 0 atom stereocenters. The van der Waals surface area contributed by atoms with Crippen LogP contribution in [0.3, 0.4) is 0 Å². The van der Waals surface area contributed by atoms with Gasteiger partial charge in [0.05, 0.1) is 19.9 Å². The lowest BCUT2D eigenvalue weighted by molar-refractivity contribution is 0.355. The van der Waals surface area contributed by atoms with Gasteiger partial charge >= 0.3 is 0 Å². The molecule has 0 saturated heterocycles. The summed E-state index contributed by atoms with van der Waals surface area (Å²) in [6.07, 6.45) is 0. The normalized spacial score (nSPS) is 11.3. The minimum absolute atomic E-state index is 0.0695. The van der Waals surface area contributed by atoms with Gasteiger partial charge in [0, 0.05) is 6.07 Å². The van der Waals surface area contributed by atoms with Crippen LogP contribution < -0.4 is 14.2 Å². The Balaban J connectivity index is 2.55. The van der Waals surface area contributed by atoms with Crippen LogP contribution in [0, 0.1) is 29.1 Å². The number of halogens is 5. The molecule has 0 aliphatic carbocycles. The number of ether oxygens (including phenoxy) is 2. The summed E-state index contributed by atoms with van der Waals surface area (Å²) < 4.78 is 103. The van der Waals surface area contributed by atoms with Crippen molar-refractivity contribution in [2.24, 2.45) is 0 Å². The molecule has 0 radical (unpaired) electrons. The SMILES string of the molecule is COc1ccc(NS(=O)(=O)c2c(F)c(F)c(F)c(F)c2F)cc1OC. The van der Waals surface area contributed by atoms with Crippen LogP contribution in [-0.4, -0.2) is 22.6 Å². The van der Waals surface area contributed by atoms with E-state index in [0.29, 0.717) is 0 Å². The van der Waals surface area contributed by atoms with Gasteiger partial charge in [-0.1, -0.05) is 0 Å². The Morgan fingerprint density at radius 1 is 0.800 bits per heavy atom. The second-order valence-electron chi connectivity index (χ2n) is 4.57. The van der Waals surface area contributed by atoms with E-state index in [9.17, 15) is 30.4 Å². The molecule has 0 amide bonds. The number of hydrogen-bond acceptors (Lipinski definition) is 4. The molecule has 1 N–H and O–H groups in total. The van der Waals surface area contributed by atoms with Crippen molar-refractivity contribution in [1.82, 2.24) is 0 Å². The van der Waals surface area contributed by atoms with Crippen molar-refractivity contribution in [3.05, 3.63) is 47.3 Å². The van der Waals surface area contributed by atoms with Gasteiger partial charge in [-0.05, 0) is 12.1 Å². The van der Waals surface area contributed by atoms with Crippen molar-refractivity contribution in [2.45, 2.75) is 4.90 Å². The Morgan fingerprint density at radius 2 is 1.28 bits per heavy atom. The smallest absolute Gasteiger partial charge is 0.267 e. The Morgan fingerprint density at radius 3 is 1.76 bits per heavy atom. The van der Waals surface area contributed by atoms with Crippen LogP contribution >= 0.6 is 0 Å². The molecule has 0 aliphatic rings. The zero-order valence-corrected chi connectivity index (χ0v) is 13.5. The highest BCUT2D eigenvalue weighted by molar-refractivity contribution is 7.92. The summed E-state index contributed by atoms with van der Waals surface area (Å²) in [6, 6.07) is 3.52. The summed E-state index contributed by atoms with van der Waals surface area (Å²) >= 11 is 0. The molecule has 25 heavy (non-hydrogen) atoms. The average molecular weight is 383 g/mol. The average Bonchev–Trinajstić information content (AvgIpc) is 2.57. The number of anilines is 1. The van der Waals surface area contributed by atoms with E-state index in [1.165, 1.54) is 20.3 Å². The van der Waals surface area contributed by atoms with Crippen LogP contribution in [0.4, 0.5) is 27.6 Å². The molecule has 0 fully saturated rings. The first-order chi connectivity index (χ1) is 11.6. The van der Waals surface area contributed by atoms with Crippen LogP contribution in [-0.2, 0) is 10.0 Å². The third-order valence-electron chi connectivity index (χ3n) is 3.07. The van der Waals surface area contributed by atoms with Gasteiger partial charge in [0.1, 0.15) is 0 Å². The van der Waals surface area contributed by atoms with Gasteiger partial charge in [-0.2, -0.15) is 0 Å². The van der Waals surface area contributed by atoms with Crippen molar-refractivity contribution >= 4 is 15.7 Å². The molecular weight excluding hydrogens is 373 g/mol. The fourth-order valence-electron chi connectivity index (χ4n) is 1.93. The van der Waals surface area contributed by atoms with Gasteiger partial charge in [-0.3, -0.25) is 4.72 Å². The maximum Gasteiger partial charge on any atom is 0.267 e. The Hall–Kier alpha value is -2.56. The van der Waals surface area contributed by atoms with E-state index in [1.807, 2.05) is 0 Å². The van der Waals surface area contributed by atoms with Gasteiger partial charge in [0.25, 0.3) is 10.0 Å². The van der Waals surface area contributed by atoms with Gasteiger partial charge in [0.2, 0.25) is 5.82 Å². The number of methoxy groups -OCH3 is 2. The van der Waals surface area contributed by atoms with Crippen molar-refractivity contribution in [3.8, 4) is 11.5 Å². The zero-order chi connectivity index (χ0) is 18.9. The standard InChI is InChI=1S/C14H10F5NO4S/c1-23-7-4-3-6(5-8(7)24-2)20-25(21,22)14-12(18)10(16)9(15)11(17)13(14)19/h3-5,20H,1-2H3. The van der Waals surface area contributed by atoms with Gasteiger partial charge in [-0.15, -0.1) is 0 Å². The van der Waals surface area contributed by atoms with E-state index in [-0.39, 0.29) is 17.2 Å². The maximum absolute atomic E-state index is 13.7. The minimum atomic E-state index is -5.12. The van der Waals surface area contributed by atoms with Crippen LogP contribution in [0.5, 0.6) is 11.5 Å². The molecule has 0 unspecified atom stereocenters. The van der Waals surface area contributed by atoms with Crippen LogP contribution in [0.15, 0.2) is 23.1 Å². The molecular formula is C14H10F5NO4S. The Kier molecular flexibility index (Phi) is 5.07. The lowest BCUT2D eigenvalue weighted by Gasteiger charge is -2.13. The fraction of sp³-hybridized carbons (Fsp3) is 0.143. The van der Waals surface area contributed by atoms with E-state index >= 15 is 0 Å². The van der Waals surface area contributed by atoms with Crippen molar-refractivity contribution < 1.29 is 39.8 Å². The Bertz CT molecular complexity index is 904. The van der Waals surface area contributed by atoms with Crippen molar-refractivity contribution in [1.29, 1.82) is 0 Å². The summed E-state index contributed by atoms with van der Waals surface area (Å²) in [7, 11) is -2.56. The topological polar surface area (TPSA) is 64.6 Å². The summed E-state index contributed by atoms with van der Waals surface area (Å²) in [5, 5.41) is 0. The van der Waals surface area contributed by atoms with E-state index in [1.54, 1.807) is 4.72 Å². The fourth-order valence-corrected chi connectivity index (χ4v) is 3.12. The molecule has 0 bridgehead atoms. The predicted molar refractivity (Wildman–Crippen MR) is 76.6 cm³/mol. The lowest BCUT2D eigenvalue weighted by atomic mass is 10.3. The third kappa shape index (κ3) is 3.31. The molecule has 0 aromatic heterocycles. The van der Waals surface area contributed by atoms with Crippen LogP contribution in [0.25, 0.3) is 0 Å². The maximum atomic E-state index is 13.7. The monoisotopic (exact) mass is 383 g/mol. The van der Waals surface area contributed by atoms with Crippen molar-refractivity contribution in [3.63, 3.8) is 0 Å². The van der Waals surface area contributed by atoms with Crippen molar-refractivity contribution in [2.75, 3.05) is 18.9 Å². The molecule has 2 aromatic carbocycles. The molecule has 0 heterocycles. The minimum Gasteiger partial charge on any atom is -0.493 e. The summed E-state index contributed by atoms with van der Waals surface area (Å²) in [6.45, 7) is 0. The van der Waals surface area contributed by atoms with Crippen LogP contribution in [0.2, 0.25) is 0 Å². The van der Waals surface area contributed by atoms with E-state index in [4.69, 9.17) is 9.47 Å². The highest BCUT2D eigenvalue weighted by Crippen LogP contribution is 2.32. The molecule has 2 aromatic rings. The van der Waals surface area contributed by atoms with E-state index < -0.39 is 44.0 Å². The molecule has 11 heteroatoms. The van der Waals surface area contributed by atoms with Crippen LogP contribution in [0.1, 0.15) is 0 Å². The lowest BCUT2D eigenvalue weighted by Crippen LogP contribution is -2.19. The first-order valence-electron chi connectivity index (χ1n) is 6.40. The molecule has 0 spiro atoms. The first-order valence-corrected chi connectivity index (χ1v) is 7.88. The van der Waals surface area contributed by atoms with E-state index in [0.717, 1.165) is 12.1 Å². The Labute approximate surface area is 139 Å². The number of sulfonamides is 1. The third-order valence-corrected chi connectivity index (χ3v) is 4.47. The van der Waals surface area contributed by atoms with E-state index in [2.05, 4.69) is 0 Å². The second kappa shape index (κ2) is 6.75. The number of nitrogens with one attached hydrogen (secondary N) is 1. The van der Waals surface area contributed by atoms with Gasteiger partial charge < -0.3 is 9.47 Å². The second-order valence-corrected chi connectivity index (χ2v) is 6.19. The summed E-state index contributed by atoms with van der Waals surface area (Å²) in [5.41, 5.74) is -0.249. The quantitative estimate of drug-likeness (QED) is 0.489. The number of benzene rings is 2. The highest BCUT2D eigenvalue weighted by atomic mass is 32.2. The first kappa shape index (κ1) is 18.8. The number of rotatable bonds is 5. The molecule has 2 rings (SSSR count). The summed E-state index contributed by atoms with van der Waals surface area (Å²) in [4.78, 5) is -1.99. The van der Waals surface area contributed by atoms with Gasteiger partial charge in [0.15, 0.2) is 39.7 Å². The predicted octanol–water partition coefficient (Wildman–Crippen LogP) is 3.20. The number of hydrogen-bond donors (Lipinski definition) is 1.